The van der Waals surface area contributed by atoms with Crippen molar-refractivity contribution in [3.63, 3.8) is 0 Å². The topological polar surface area (TPSA) is 109 Å². The number of aromatic carboxylic acids is 1. The molecule has 20 heavy (non-hydrogen) atoms. The maximum absolute atomic E-state index is 11.5. The van der Waals surface area contributed by atoms with Gasteiger partial charge < -0.3 is 15.7 Å². The number of hydrogen-bond acceptors (Lipinski definition) is 5. The molecular formula is C11H13N5O3S. The lowest BCUT2D eigenvalue weighted by atomic mass is 10.5. The zero-order valence-corrected chi connectivity index (χ0v) is 11.3. The van der Waals surface area contributed by atoms with Gasteiger partial charge in [0.05, 0.1) is 13.1 Å². The SMILES string of the molecule is O=C(NCCn1cccn1)NCc1nc(C(=O)O)cs1. The first-order valence-electron chi connectivity index (χ1n) is 5.82. The number of rotatable bonds is 6. The summed E-state index contributed by atoms with van der Waals surface area (Å²) < 4.78 is 1.71. The monoisotopic (exact) mass is 295 g/mol. The molecule has 0 atom stereocenters. The Balaban J connectivity index is 1.67. The molecule has 0 fully saturated rings. The highest BCUT2D eigenvalue weighted by Crippen LogP contribution is 2.09. The molecule has 0 aliphatic heterocycles. The van der Waals surface area contributed by atoms with E-state index >= 15 is 0 Å². The highest BCUT2D eigenvalue weighted by Gasteiger charge is 2.09. The van der Waals surface area contributed by atoms with E-state index in [1.54, 1.807) is 10.9 Å². The van der Waals surface area contributed by atoms with Crippen LogP contribution in [0.4, 0.5) is 4.79 Å². The van der Waals surface area contributed by atoms with E-state index in [1.807, 2.05) is 12.3 Å². The van der Waals surface area contributed by atoms with E-state index in [0.29, 0.717) is 18.1 Å². The standard InChI is InChI=1S/C11H13N5O3S/c17-10(18)8-7-20-9(15-8)6-13-11(19)12-3-5-16-4-1-2-14-16/h1-2,4,7H,3,5-6H2,(H,17,18)(H2,12,13,19). The van der Waals surface area contributed by atoms with E-state index in [9.17, 15) is 9.59 Å². The van der Waals surface area contributed by atoms with Crippen LogP contribution >= 0.6 is 11.3 Å². The number of carbonyl (C=O) groups is 2. The molecule has 0 aromatic carbocycles. The summed E-state index contributed by atoms with van der Waals surface area (Å²) in [6, 6.07) is 1.48. The van der Waals surface area contributed by atoms with Crippen LogP contribution in [0.15, 0.2) is 23.8 Å². The molecular weight excluding hydrogens is 282 g/mol. The van der Waals surface area contributed by atoms with E-state index in [2.05, 4.69) is 20.7 Å². The van der Waals surface area contributed by atoms with Gasteiger partial charge in [-0.1, -0.05) is 0 Å². The van der Waals surface area contributed by atoms with Crippen LogP contribution in [0.5, 0.6) is 0 Å². The van der Waals surface area contributed by atoms with Crippen molar-refractivity contribution < 1.29 is 14.7 Å². The number of nitrogens with one attached hydrogen (secondary N) is 2. The first kappa shape index (κ1) is 14.0. The fraction of sp³-hybridized carbons (Fsp3) is 0.273. The van der Waals surface area contributed by atoms with Gasteiger partial charge in [0.25, 0.3) is 0 Å². The first-order valence-corrected chi connectivity index (χ1v) is 6.70. The summed E-state index contributed by atoms with van der Waals surface area (Å²) in [6.07, 6.45) is 3.48. The summed E-state index contributed by atoms with van der Waals surface area (Å²) in [7, 11) is 0. The molecule has 0 radical (unpaired) electrons. The minimum atomic E-state index is -1.07. The summed E-state index contributed by atoms with van der Waals surface area (Å²) >= 11 is 1.19. The average Bonchev–Trinajstić information content (AvgIpc) is 3.07. The van der Waals surface area contributed by atoms with Gasteiger partial charge in [0, 0.05) is 24.3 Å². The molecule has 9 heteroatoms. The summed E-state index contributed by atoms with van der Waals surface area (Å²) in [5.74, 6) is -1.07. The van der Waals surface area contributed by atoms with E-state index in [0.717, 1.165) is 0 Å². The number of aromatic nitrogens is 3. The van der Waals surface area contributed by atoms with Gasteiger partial charge in [-0.25, -0.2) is 14.6 Å². The largest absolute Gasteiger partial charge is 0.476 e. The zero-order chi connectivity index (χ0) is 14.4. The Labute approximate surface area is 118 Å². The van der Waals surface area contributed by atoms with Crippen LogP contribution in [-0.4, -0.2) is 38.4 Å². The highest BCUT2D eigenvalue weighted by atomic mass is 32.1. The lowest BCUT2D eigenvalue weighted by Crippen LogP contribution is -2.36. The first-order chi connectivity index (χ1) is 9.65. The van der Waals surface area contributed by atoms with Crippen molar-refractivity contribution in [2.45, 2.75) is 13.1 Å². The molecule has 0 aliphatic rings. The van der Waals surface area contributed by atoms with Crippen LogP contribution < -0.4 is 10.6 Å². The molecule has 2 amide bonds. The maximum atomic E-state index is 11.5. The van der Waals surface area contributed by atoms with Gasteiger partial charge in [-0.15, -0.1) is 11.3 Å². The number of thiazole rings is 1. The van der Waals surface area contributed by atoms with E-state index in [4.69, 9.17) is 5.11 Å². The smallest absolute Gasteiger partial charge is 0.355 e. The quantitative estimate of drug-likeness (QED) is 0.720. The van der Waals surface area contributed by atoms with E-state index in [-0.39, 0.29) is 18.3 Å². The van der Waals surface area contributed by atoms with Crippen LogP contribution in [0, 0.1) is 0 Å². The number of carbonyl (C=O) groups excluding carboxylic acids is 1. The number of hydrogen-bond donors (Lipinski definition) is 3. The van der Waals surface area contributed by atoms with E-state index < -0.39 is 5.97 Å². The van der Waals surface area contributed by atoms with Gasteiger partial charge in [0.2, 0.25) is 0 Å². The molecule has 0 bridgehead atoms. The second-order valence-electron chi connectivity index (χ2n) is 3.81. The van der Waals surface area contributed by atoms with Crippen molar-refractivity contribution in [2.24, 2.45) is 0 Å². The number of urea groups is 1. The molecule has 2 rings (SSSR count). The van der Waals surface area contributed by atoms with Gasteiger partial charge in [-0.2, -0.15) is 5.10 Å². The van der Waals surface area contributed by atoms with Crippen molar-refractivity contribution >= 4 is 23.3 Å². The Hall–Kier alpha value is -2.42. The molecule has 0 saturated heterocycles. The third-order valence-electron chi connectivity index (χ3n) is 2.36. The van der Waals surface area contributed by atoms with E-state index in [1.165, 1.54) is 16.7 Å². The van der Waals surface area contributed by atoms with Gasteiger partial charge in [0.15, 0.2) is 5.69 Å². The number of carboxylic acids is 1. The zero-order valence-electron chi connectivity index (χ0n) is 10.4. The van der Waals surface area contributed by atoms with Crippen LogP contribution in [-0.2, 0) is 13.1 Å². The van der Waals surface area contributed by atoms with Crippen molar-refractivity contribution in [3.05, 3.63) is 34.5 Å². The van der Waals surface area contributed by atoms with Crippen molar-refractivity contribution in [1.29, 1.82) is 0 Å². The molecule has 2 aromatic rings. The summed E-state index contributed by atoms with van der Waals surface area (Å²) in [6.45, 7) is 1.23. The maximum Gasteiger partial charge on any atom is 0.355 e. The minimum Gasteiger partial charge on any atom is -0.476 e. The normalized spacial score (nSPS) is 10.2. The Morgan fingerprint density at radius 1 is 1.40 bits per heavy atom. The second-order valence-corrected chi connectivity index (χ2v) is 4.75. The lowest BCUT2D eigenvalue weighted by molar-refractivity contribution is 0.0691. The Bertz CT molecular complexity index is 581. The third-order valence-corrected chi connectivity index (χ3v) is 3.21. The average molecular weight is 295 g/mol. The summed E-state index contributed by atoms with van der Waals surface area (Å²) in [5.41, 5.74) is -0.00843. The van der Waals surface area contributed by atoms with Crippen LogP contribution in [0.3, 0.4) is 0 Å². The van der Waals surface area contributed by atoms with Crippen molar-refractivity contribution in [1.82, 2.24) is 25.4 Å². The number of carboxylic acid groups (broad SMARTS) is 1. The highest BCUT2D eigenvalue weighted by molar-refractivity contribution is 7.09. The molecule has 2 heterocycles. The Morgan fingerprint density at radius 3 is 2.90 bits per heavy atom. The predicted octanol–water partition coefficient (Wildman–Crippen LogP) is 0.537. The van der Waals surface area contributed by atoms with Crippen LogP contribution in [0.1, 0.15) is 15.5 Å². The molecule has 0 aliphatic carbocycles. The lowest BCUT2D eigenvalue weighted by Gasteiger charge is -2.06. The summed E-state index contributed by atoms with van der Waals surface area (Å²) in [4.78, 5) is 26.0. The van der Waals surface area contributed by atoms with Crippen molar-refractivity contribution in [2.75, 3.05) is 6.54 Å². The predicted molar refractivity (Wildman–Crippen MR) is 71.5 cm³/mol. The molecule has 3 N–H and O–H groups in total. The van der Waals surface area contributed by atoms with Crippen LogP contribution in [0.25, 0.3) is 0 Å². The number of amides is 2. The van der Waals surface area contributed by atoms with Crippen molar-refractivity contribution in [3.8, 4) is 0 Å². The summed E-state index contributed by atoms with van der Waals surface area (Å²) in [5, 5.41) is 20.0. The fourth-order valence-electron chi connectivity index (χ4n) is 1.43. The Morgan fingerprint density at radius 2 is 2.25 bits per heavy atom. The fourth-order valence-corrected chi connectivity index (χ4v) is 2.13. The third kappa shape index (κ3) is 4.05. The second kappa shape index (κ2) is 6.66. The molecule has 2 aromatic heterocycles. The molecule has 106 valence electrons. The number of nitrogens with zero attached hydrogens (tertiary/aromatic N) is 3. The minimum absolute atomic E-state index is 0.00843. The van der Waals surface area contributed by atoms with Gasteiger partial charge in [-0.3, -0.25) is 4.68 Å². The van der Waals surface area contributed by atoms with Gasteiger partial charge in [-0.05, 0) is 6.07 Å². The van der Waals surface area contributed by atoms with Gasteiger partial charge in [0.1, 0.15) is 5.01 Å². The van der Waals surface area contributed by atoms with Crippen LogP contribution in [0.2, 0.25) is 0 Å². The molecule has 0 unspecified atom stereocenters. The Kier molecular flexibility index (Phi) is 4.66. The molecule has 0 spiro atoms. The van der Waals surface area contributed by atoms with Gasteiger partial charge >= 0.3 is 12.0 Å². The molecule has 0 saturated carbocycles. The molecule has 8 nitrogen and oxygen atoms in total.